The minimum atomic E-state index is -4.01. The highest BCUT2D eigenvalue weighted by atomic mass is 79.9. The predicted molar refractivity (Wildman–Crippen MR) is 170 cm³/mol. The van der Waals surface area contributed by atoms with Crippen LogP contribution in [0.1, 0.15) is 43.2 Å². The van der Waals surface area contributed by atoms with Gasteiger partial charge in [0.2, 0.25) is 11.8 Å². The number of benzene rings is 3. The van der Waals surface area contributed by atoms with Crippen LogP contribution in [0.15, 0.2) is 89.4 Å². The molecule has 2 amide bonds. The number of nitrogens with one attached hydrogen (secondary N) is 1. The molecular weight excluding hydrogens is 616 g/mol. The third-order valence-corrected chi connectivity index (χ3v) is 9.90. The molecule has 1 atom stereocenters. The van der Waals surface area contributed by atoms with E-state index in [4.69, 9.17) is 0 Å². The van der Waals surface area contributed by atoms with Gasteiger partial charge in [-0.1, -0.05) is 95.9 Å². The van der Waals surface area contributed by atoms with Crippen LogP contribution in [0.3, 0.4) is 0 Å². The van der Waals surface area contributed by atoms with Crippen LogP contribution in [0.25, 0.3) is 0 Å². The van der Waals surface area contributed by atoms with Crippen molar-refractivity contribution >= 4 is 43.6 Å². The summed E-state index contributed by atoms with van der Waals surface area (Å²) in [6.45, 7) is -0.310. The van der Waals surface area contributed by atoms with E-state index >= 15 is 0 Å². The molecule has 10 heteroatoms. The first kappa shape index (κ1) is 31.7. The molecule has 3 aromatic carbocycles. The molecule has 3 aromatic rings. The van der Waals surface area contributed by atoms with Gasteiger partial charge in [-0.3, -0.25) is 9.59 Å². The predicted octanol–water partition coefficient (Wildman–Crippen LogP) is 5.15. The summed E-state index contributed by atoms with van der Waals surface area (Å²) in [5.41, 5.74) is 2.11. The summed E-state index contributed by atoms with van der Waals surface area (Å²) in [4.78, 5) is 29.9. The Balaban J connectivity index is 1.73. The molecule has 0 radical (unpaired) electrons. The molecule has 8 nitrogen and oxygen atoms in total. The largest absolute Gasteiger partial charge is 0.352 e. The zero-order valence-corrected chi connectivity index (χ0v) is 26.6. The molecule has 0 bridgehead atoms. The van der Waals surface area contributed by atoms with Crippen molar-refractivity contribution in [2.75, 3.05) is 24.9 Å². The van der Waals surface area contributed by atoms with Crippen molar-refractivity contribution in [2.24, 2.45) is 0 Å². The Labute approximate surface area is 258 Å². The first-order valence-corrected chi connectivity index (χ1v) is 16.5. The molecular formula is C32H39BrN4O4S. The number of anilines is 1. The lowest BCUT2D eigenvalue weighted by Gasteiger charge is -2.35. The molecule has 224 valence electrons. The highest BCUT2D eigenvalue weighted by Crippen LogP contribution is 2.23. The normalized spacial score (nSPS) is 14.8. The van der Waals surface area contributed by atoms with Gasteiger partial charge in [0, 0.05) is 37.6 Å². The van der Waals surface area contributed by atoms with Crippen LogP contribution in [0.4, 0.5) is 5.69 Å². The molecule has 0 aromatic heterocycles. The van der Waals surface area contributed by atoms with Crippen molar-refractivity contribution in [3.05, 3.63) is 101 Å². The van der Waals surface area contributed by atoms with Gasteiger partial charge in [0.1, 0.15) is 12.6 Å². The Bertz CT molecular complexity index is 1410. The topological polar surface area (TPSA) is 90.0 Å². The standard InChI is InChI=1S/C32H39BrN4O4S/c1-35(2)42(40,41)37(29-16-10-5-11-17-29)24-31(38)36(23-26-18-20-27(33)21-19-26)30(22-25-12-6-3-7-13-25)32(39)34-28-14-8-4-9-15-28/h3,5-7,10-13,16-21,28,30H,4,8-9,14-15,22-24H2,1-2H3,(H,34,39). The lowest BCUT2D eigenvalue weighted by molar-refractivity contribution is -0.140. The number of carbonyl (C=O) groups is 2. The third kappa shape index (κ3) is 8.42. The number of hydrogen-bond acceptors (Lipinski definition) is 4. The number of para-hydroxylation sites is 1. The molecule has 4 rings (SSSR count). The smallest absolute Gasteiger partial charge is 0.304 e. The van der Waals surface area contributed by atoms with E-state index in [2.05, 4.69) is 21.2 Å². The average Bonchev–Trinajstić information content (AvgIpc) is 2.99. The van der Waals surface area contributed by atoms with Gasteiger partial charge in [-0.2, -0.15) is 12.7 Å². The van der Waals surface area contributed by atoms with Gasteiger partial charge in [-0.25, -0.2) is 4.31 Å². The van der Waals surface area contributed by atoms with Crippen molar-refractivity contribution in [1.82, 2.24) is 14.5 Å². The van der Waals surface area contributed by atoms with Gasteiger partial charge in [0.05, 0.1) is 5.69 Å². The zero-order chi connectivity index (χ0) is 30.1. The van der Waals surface area contributed by atoms with E-state index in [1.54, 1.807) is 30.3 Å². The second-order valence-electron chi connectivity index (χ2n) is 10.8. The average molecular weight is 656 g/mol. The quantitative estimate of drug-likeness (QED) is 0.293. The monoisotopic (exact) mass is 654 g/mol. The molecule has 1 aliphatic carbocycles. The van der Waals surface area contributed by atoms with Crippen LogP contribution < -0.4 is 9.62 Å². The highest BCUT2D eigenvalue weighted by Gasteiger charge is 2.35. The number of carbonyl (C=O) groups excluding carboxylic acids is 2. The molecule has 1 unspecified atom stereocenters. The number of rotatable bonds is 12. The van der Waals surface area contributed by atoms with Crippen LogP contribution >= 0.6 is 15.9 Å². The first-order chi connectivity index (χ1) is 20.1. The SMILES string of the molecule is CN(C)S(=O)(=O)N(CC(=O)N(Cc1ccc(Br)cc1)C(Cc1ccccc1)C(=O)NC1CCCCC1)c1ccccc1. The van der Waals surface area contributed by atoms with Crippen LogP contribution in [0, 0.1) is 0 Å². The summed E-state index contributed by atoms with van der Waals surface area (Å²) in [7, 11) is -1.14. The third-order valence-electron chi connectivity index (χ3n) is 7.55. The second kappa shape index (κ2) is 14.8. The molecule has 42 heavy (non-hydrogen) atoms. The van der Waals surface area contributed by atoms with Gasteiger partial charge in [-0.15, -0.1) is 0 Å². The molecule has 1 aliphatic rings. The van der Waals surface area contributed by atoms with Crippen LogP contribution in [0.5, 0.6) is 0 Å². The highest BCUT2D eigenvalue weighted by molar-refractivity contribution is 9.10. The maximum atomic E-state index is 14.3. The summed E-state index contributed by atoms with van der Waals surface area (Å²) in [6, 6.07) is 25.0. The number of hydrogen-bond donors (Lipinski definition) is 1. The van der Waals surface area contributed by atoms with Gasteiger partial charge < -0.3 is 10.2 Å². The first-order valence-electron chi connectivity index (χ1n) is 14.3. The zero-order valence-electron chi connectivity index (χ0n) is 24.2. The Morgan fingerprint density at radius 1 is 0.857 bits per heavy atom. The van der Waals surface area contributed by atoms with Crippen molar-refractivity contribution < 1.29 is 18.0 Å². The number of amides is 2. The Kier molecular flexibility index (Phi) is 11.2. The molecule has 1 saturated carbocycles. The molecule has 0 saturated heterocycles. The molecule has 1 N–H and O–H groups in total. The van der Waals surface area contributed by atoms with Gasteiger partial charge in [0.15, 0.2) is 0 Å². The van der Waals surface area contributed by atoms with E-state index in [1.807, 2.05) is 54.6 Å². The second-order valence-corrected chi connectivity index (χ2v) is 13.8. The van der Waals surface area contributed by atoms with Crippen molar-refractivity contribution in [3.8, 4) is 0 Å². The Morgan fingerprint density at radius 2 is 1.45 bits per heavy atom. The summed E-state index contributed by atoms with van der Waals surface area (Å²) < 4.78 is 30.0. The summed E-state index contributed by atoms with van der Waals surface area (Å²) in [6.07, 6.45) is 5.40. The Hall–Kier alpha value is -3.21. The van der Waals surface area contributed by atoms with E-state index in [0.717, 1.165) is 56.3 Å². The lowest BCUT2D eigenvalue weighted by atomic mass is 9.94. The van der Waals surface area contributed by atoms with Gasteiger partial charge in [-0.05, 0) is 48.2 Å². The fourth-order valence-electron chi connectivity index (χ4n) is 5.20. The van der Waals surface area contributed by atoms with Crippen LogP contribution in [-0.4, -0.2) is 62.2 Å². The van der Waals surface area contributed by atoms with Crippen LogP contribution in [-0.2, 0) is 32.8 Å². The van der Waals surface area contributed by atoms with Gasteiger partial charge in [0.25, 0.3) is 0 Å². The molecule has 0 aliphatic heterocycles. The van der Waals surface area contributed by atoms with E-state index in [-0.39, 0.29) is 18.5 Å². The Morgan fingerprint density at radius 3 is 2.05 bits per heavy atom. The lowest BCUT2D eigenvalue weighted by Crippen LogP contribution is -2.55. The molecule has 1 fully saturated rings. The summed E-state index contributed by atoms with van der Waals surface area (Å²) in [5.74, 6) is -0.690. The van der Waals surface area contributed by atoms with Crippen molar-refractivity contribution in [1.29, 1.82) is 0 Å². The summed E-state index contributed by atoms with van der Waals surface area (Å²) >= 11 is 3.46. The molecule has 0 heterocycles. The van der Waals surface area contributed by atoms with Gasteiger partial charge >= 0.3 is 10.2 Å². The number of nitrogens with zero attached hydrogens (tertiary/aromatic N) is 3. The number of halogens is 1. The fraction of sp³-hybridized carbons (Fsp3) is 0.375. The molecule has 0 spiro atoms. The minimum absolute atomic E-state index is 0.0593. The van der Waals surface area contributed by atoms with E-state index < -0.39 is 28.7 Å². The van der Waals surface area contributed by atoms with E-state index in [9.17, 15) is 18.0 Å². The minimum Gasteiger partial charge on any atom is -0.352 e. The fourth-order valence-corrected chi connectivity index (χ4v) is 6.52. The van der Waals surface area contributed by atoms with Crippen molar-refractivity contribution in [2.45, 2.75) is 57.2 Å². The van der Waals surface area contributed by atoms with Crippen LogP contribution in [0.2, 0.25) is 0 Å². The van der Waals surface area contributed by atoms with Crippen molar-refractivity contribution in [3.63, 3.8) is 0 Å². The maximum absolute atomic E-state index is 14.3. The maximum Gasteiger partial charge on any atom is 0.304 e. The van der Waals surface area contributed by atoms with E-state index in [1.165, 1.54) is 19.0 Å². The van der Waals surface area contributed by atoms with E-state index in [0.29, 0.717) is 12.1 Å². The summed E-state index contributed by atoms with van der Waals surface area (Å²) in [5, 5.41) is 3.22.